The molecule has 27 heavy (non-hydrogen) atoms. The Bertz CT molecular complexity index is 1090. The molecule has 1 N–H and O–H groups in total. The Hall–Kier alpha value is -3.12. The molecular weight excluding hydrogens is 358 g/mol. The Balaban J connectivity index is 1.61. The highest BCUT2D eigenvalue weighted by atomic mass is 32.1. The summed E-state index contributed by atoms with van der Waals surface area (Å²) in [6, 6.07) is 17.6. The van der Waals surface area contributed by atoms with Crippen LogP contribution in [0, 0.1) is 0 Å². The third-order valence-electron chi connectivity index (χ3n) is 4.45. The minimum Gasteiger partial charge on any atom is -0.497 e. The van der Waals surface area contributed by atoms with Crippen LogP contribution in [0.2, 0.25) is 0 Å². The van der Waals surface area contributed by atoms with Crippen molar-refractivity contribution in [2.24, 2.45) is 0 Å². The standard InChI is InChI=1S/C21H19N3O2S/c1-14(15-7-4-3-5-8-15)22-20(25)19-13-27-21-23-18(12-24(19)21)16-9-6-10-17(11-16)26-2/h3-14H,1-2H3,(H,22,25). The van der Waals surface area contributed by atoms with Gasteiger partial charge in [0.1, 0.15) is 11.4 Å². The van der Waals surface area contributed by atoms with Crippen LogP contribution >= 0.6 is 11.3 Å². The van der Waals surface area contributed by atoms with E-state index in [4.69, 9.17) is 4.74 Å². The molecule has 5 nitrogen and oxygen atoms in total. The quantitative estimate of drug-likeness (QED) is 0.555. The maximum absolute atomic E-state index is 12.8. The zero-order valence-corrected chi connectivity index (χ0v) is 15.9. The first-order valence-corrected chi connectivity index (χ1v) is 9.50. The Morgan fingerprint density at radius 3 is 2.78 bits per heavy atom. The molecular formula is C21H19N3O2S. The van der Waals surface area contributed by atoms with Crippen molar-refractivity contribution in [1.82, 2.24) is 14.7 Å². The van der Waals surface area contributed by atoms with Gasteiger partial charge in [-0.15, -0.1) is 11.3 Å². The van der Waals surface area contributed by atoms with Crippen LogP contribution in [0.4, 0.5) is 0 Å². The molecule has 2 aromatic carbocycles. The normalized spacial score (nSPS) is 12.1. The number of hydrogen-bond donors (Lipinski definition) is 1. The number of amides is 1. The van der Waals surface area contributed by atoms with Gasteiger partial charge in [-0.2, -0.15) is 0 Å². The number of nitrogens with zero attached hydrogens (tertiary/aromatic N) is 2. The Kier molecular flexibility index (Phi) is 4.64. The van der Waals surface area contributed by atoms with Crippen LogP contribution in [-0.4, -0.2) is 22.4 Å². The molecule has 136 valence electrons. The summed E-state index contributed by atoms with van der Waals surface area (Å²) in [5.74, 6) is 0.658. The molecule has 2 aromatic heterocycles. The van der Waals surface area contributed by atoms with E-state index >= 15 is 0 Å². The van der Waals surface area contributed by atoms with E-state index in [1.165, 1.54) is 11.3 Å². The van der Waals surface area contributed by atoms with Gasteiger partial charge >= 0.3 is 0 Å². The lowest BCUT2D eigenvalue weighted by Crippen LogP contribution is -2.27. The van der Waals surface area contributed by atoms with Crippen molar-refractivity contribution in [3.05, 3.63) is 77.4 Å². The highest BCUT2D eigenvalue weighted by Crippen LogP contribution is 2.26. The summed E-state index contributed by atoms with van der Waals surface area (Å²) in [4.78, 5) is 18.2. The zero-order valence-electron chi connectivity index (χ0n) is 15.0. The smallest absolute Gasteiger partial charge is 0.269 e. The zero-order chi connectivity index (χ0) is 18.8. The number of imidazole rings is 1. The van der Waals surface area contributed by atoms with Gasteiger partial charge in [-0.05, 0) is 24.6 Å². The number of methoxy groups -OCH3 is 1. The number of rotatable bonds is 5. The second-order valence-electron chi connectivity index (χ2n) is 6.24. The molecule has 0 bridgehead atoms. The molecule has 0 aliphatic heterocycles. The van der Waals surface area contributed by atoms with Crippen LogP contribution in [0.5, 0.6) is 5.75 Å². The van der Waals surface area contributed by atoms with Crippen LogP contribution < -0.4 is 10.1 Å². The van der Waals surface area contributed by atoms with Crippen LogP contribution in [0.1, 0.15) is 29.0 Å². The van der Waals surface area contributed by atoms with Crippen molar-refractivity contribution in [2.45, 2.75) is 13.0 Å². The predicted molar refractivity (Wildman–Crippen MR) is 107 cm³/mol. The van der Waals surface area contributed by atoms with Gasteiger partial charge in [-0.1, -0.05) is 42.5 Å². The molecule has 1 atom stereocenters. The van der Waals surface area contributed by atoms with E-state index in [9.17, 15) is 4.79 Å². The fraction of sp³-hybridized carbons (Fsp3) is 0.143. The number of thiazole rings is 1. The summed E-state index contributed by atoms with van der Waals surface area (Å²) in [5, 5.41) is 4.90. The summed E-state index contributed by atoms with van der Waals surface area (Å²) >= 11 is 1.45. The van der Waals surface area contributed by atoms with Crippen molar-refractivity contribution in [2.75, 3.05) is 7.11 Å². The molecule has 4 aromatic rings. The highest BCUT2D eigenvalue weighted by molar-refractivity contribution is 7.15. The number of ether oxygens (including phenoxy) is 1. The molecule has 4 rings (SSSR count). The lowest BCUT2D eigenvalue weighted by molar-refractivity contribution is 0.0934. The van der Waals surface area contributed by atoms with E-state index in [1.54, 1.807) is 7.11 Å². The van der Waals surface area contributed by atoms with Gasteiger partial charge in [0, 0.05) is 17.1 Å². The third-order valence-corrected chi connectivity index (χ3v) is 5.29. The van der Waals surface area contributed by atoms with Crippen molar-refractivity contribution < 1.29 is 9.53 Å². The molecule has 0 fully saturated rings. The maximum atomic E-state index is 12.8. The Morgan fingerprint density at radius 1 is 1.19 bits per heavy atom. The second kappa shape index (κ2) is 7.25. The SMILES string of the molecule is COc1cccc(-c2cn3c(C(=O)NC(C)c4ccccc4)csc3n2)c1. The average molecular weight is 377 g/mol. The summed E-state index contributed by atoms with van der Waals surface area (Å²) < 4.78 is 7.12. The molecule has 1 unspecified atom stereocenters. The van der Waals surface area contributed by atoms with Gasteiger partial charge in [0.15, 0.2) is 4.96 Å². The molecule has 0 saturated heterocycles. The van der Waals surface area contributed by atoms with E-state index in [2.05, 4.69) is 10.3 Å². The van der Waals surface area contributed by atoms with Gasteiger partial charge in [-0.25, -0.2) is 4.98 Å². The van der Waals surface area contributed by atoms with E-state index in [-0.39, 0.29) is 11.9 Å². The number of fused-ring (bicyclic) bond motifs is 1. The van der Waals surface area contributed by atoms with Crippen LogP contribution in [0.15, 0.2) is 66.2 Å². The van der Waals surface area contributed by atoms with Crippen molar-refractivity contribution in [1.29, 1.82) is 0 Å². The lowest BCUT2D eigenvalue weighted by Gasteiger charge is -2.13. The van der Waals surface area contributed by atoms with Crippen molar-refractivity contribution in [3.8, 4) is 17.0 Å². The van der Waals surface area contributed by atoms with Crippen molar-refractivity contribution in [3.63, 3.8) is 0 Å². The summed E-state index contributed by atoms with van der Waals surface area (Å²) in [5.41, 5.74) is 3.42. The molecule has 6 heteroatoms. The first kappa shape index (κ1) is 17.3. The number of hydrogen-bond acceptors (Lipinski definition) is 4. The van der Waals surface area contributed by atoms with E-state index in [0.29, 0.717) is 5.69 Å². The summed E-state index contributed by atoms with van der Waals surface area (Å²) in [6.45, 7) is 1.98. The molecule has 0 aliphatic rings. The van der Waals surface area contributed by atoms with Gasteiger partial charge in [0.05, 0.1) is 18.8 Å². The van der Waals surface area contributed by atoms with Crippen LogP contribution in [0.3, 0.4) is 0 Å². The van der Waals surface area contributed by atoms with E-state index in [1.807, 2.05) is 77.5 Å². The van der Waals surface area contributed by atoms with Crippen LogP contribution in [-0.2, 0) is 0 Å². The summed E-state index contributed by atoms with van der Waals surface area (Å²) in [6.07, 6.45) is 1.89. The number of nitrogens with one attached hydrogen (secondary N) is 1. The number of aromatic nitrogens is 2. The second-order valence-corrected chi connectivity index (χ2v) is 7.07. The topological polar surface area (TPSA) is 55.6 Å². The monoisotopic (exact) mass is 377 g/mol. The third kappa shape index (κ3) is 3.44. The molecule has 0 radical (unpaired) electrons. The summed E-state index contributed by atoms with van der Waals surface area (Å²) in [7, 11) is 1.64. The first-order valence-electron chi connectivity index (χ1n) is 8.62. The number of carbonyl (C=O) groups excluding carboxylic acids is 1. The molecule has 1 amide bonds. The van der Waals surface area contributed by atoms with Gasteiger partial charge in [0.2, 0.25) is 0 Å². The van der Waals surface area contributed by atoms with E-state index < -0.39 is 0 Å². The fourth-order valence-corrected chi connectivity index (χ4v) is 3.82. The number of benzene rings is 2. The fourth-order valence-electron chi connectivity index (χ4n) is 2.96. The minimum atomic E-state index is -0.118. The van der Waals surface area contributed by atoms with Crippen molar-refractivity contribution >= 4 is 22.2 Å². The largest absolute Gasteiger partial charge is 0.497 e. The molecule has 2 heterocycles. The number of carbonyl (C=O) groups is 1. The Labute approximate surface area is 161 Å². The Morgan fingerprint density at radius 2 is 2.00 bits per heavy atom. The predicted octanol–water partition coefficient (Wildman–Crippen LogP) is 4.56. The molecule has 0 aliphatic carbocycles. The average Bonchev–Trinajstić information content (AvgIpc) is 3.29. The van der Waals surface area contributed by atoms with Gasteiger partial charge < -0.3 is 10.1 Å². The van der Waals surface area contributed by atoms with E-state index in [0.717, 1.165) is 27.5 Å². The maximum Gasteiger partial charge on any atom is 0.269 e. The molecule has 0 saturated carbocycles. The minimum absolute atomic E-state index is 0.0740. The van der Waals surface area contributed by atoms with Gasteiger partial charge in [-0.3, -0.25) is 9.20 Å². The molecule has 0 spiro atoms. The lowest BCUT2D eigenvalue weighted by atomic mass is 10.1. The first-order chi connectivity index (χ1) is 13.2. The highest BCUT2D eigenvalue weighted by Gasteiger charge is 2.17. The van der Waals surface area contributed by atoms with Gasteiger partial charge in [0.25, 0.3) is 5.91 Å². The van der Waals surface area contributed by atoms with Crippen LogP contribution in [0.25, 0.3) is 16.2 Å².